The molecule has 262 valence electrons. The van der Waals surface area contributed by atoms with Crippen LogP contribution in [0.3, 0.4) is 0 Å². The number of hydrogen-bond donors (Lipinski definition) is 3. The second-order valence-corrected chi connectivity index (χ2v) is 12.8. The highest BCUT2D eigenvalue weighted by Crippen LogP contribution is 2.14. The lowest BCUT2D eigenvalue weighted by atomic mass is 10.0. The normalized spacial score (nSPS) is 14.1. The fraction of sp³-hybridized carbons (Fsp3) is 0.789. The van der Waals surface area contributed by atoms with Gasteiger partial charge in [0, 0.05) is 12.8 Å². The molecule has 0 radical (unpaired) electrons. The molecule has 0 aliphatic rings. The maximum atomic E-state index is 12.0. The highest BCUT2D eigenvalue weighted by molar-refractivity contribution is 5.69. The summed E-state index contributed by atoms with van der Waals surface area (Å²) in [6.07, 6.45) is 29.6. The standard InChI is InChI=1S/C38H68O7/c1-4-5-6-7-8-9-10-11-14-17-20-23-27-35(40)36(41)28-25-30-38(43)45-32-34(39)31-44-37(42)29-24-21-18-15-12-13-16-19-22-26-33(2)3/h8-9,11,14,20,23,33-36,39-41H,4-7,10,12-13,15-19,21-22,24-32H2,1-3H3/b9-8-,14-11-,23-20-/t34-,35?,36?/m1/s1. The van der Waals surface area contributed by atoms with E-state index < -0.39 is 24.3 Å². The molecule has 0 aliphatic carbocycles. The average molecular weight is 637 g/mol. The first-order valence-electron chi connectivity index (χ1n) is 18.1. The molecule has 0 aromatic heterocycles. The molecule has 0 rings (SSSR count). The molecule has 0 saturated heterocycles. The van der Waals surface area contributed by atoms with Crippen LogP contribution >= 0.6 is 0 Å². The first kappa shape index (κ1) is 43.0. The zero-order valence-electron chi connectivity index (χ0n) is 29.0. The van der Waals surface area contributed by atoms with Crippen molar-refractivity contribution >= 4 is 11.9 Å². The third kappa shape index (κ3) is 31.8. The van der Waals surface area contributed by atoms with Gasteiger partial charge in [0.05, 0.1) is 12.2 Å². The SMILES string of the molecule is CCCCC/C=C\C/C=C\C/C=C\CC(O)C(O)CCCC(=O)OC[C@H](O)COC(=O)CCCCCCCCCCCC(C)C. The Bertz CT molecular complexity index is 774. The number of aliphatic hydroxyl groups is 3. The zero-order chi connectivity index (χ0) is 33.4. The van der Waals surface area contributed by atoms with Crippen LogP contribution in [-0.2, 0) is 19.1 Å². The van der Waals surface area contributed by atoms with Crippen LogP contribution in [0.15, 0.2) is 36.5 Å². The van der Waals surface area contributed by atoms with E-state index in [1.807, 2.05) is 12.2 Å². The van der Waals surface area contributed by atoms with Gasteiger partial charge in [0.15, 0.2) is 0 Å². The summed E-state index contributed by atoms with van der Waals surface area (Å²) in [4.78, 5) is 23.9. The molecule has 2 unspecified atom stereocenters. The Hall–Kier alpha value is -1.96. The number of esters is 2. The van der Waals surface area contributed by atoms with E-state index in [2.05, 4.69) is 45.1 Å². The molecule has 0 amide bonds. The van der Waals surface area contributed by atoms with E-state index >= 15 is 0 Å². The van der Waals surface area contributed by atoms with Crippen LogP contribution in [0.25, 0.3) is 0 Å². The lowest BCUT2D eigenvalue weighted by Crippen LogP contribution is -2.26. The van der Waals surface area contributed by atoms with E-state index in [1.54, 1.807) is 0 Å². The van der Waals surface area contributed by atoms with Crippen molar-refractivity contribution in [3.05, 3.63) is 36.5 Å². The highest BCUT2D eigenvalue weighted by atomic mass is 16.6. The van der Waals surface area contributed by atoms with Crippen LogP contribution < -0.4 is 0 Å². The number of unbranched alkanes of at least 4 members (excludes halogenated alkanes) is 11. The molecule has 0 aliphatic heterocycles. The Balaban J connectivity index is 3.73. The summed E-state index contributed by atoms with van der Waals surface area (Å²) < 4.78 is 10.2. The molecule has 7 heteroatoms. The van der Waals surface area contributed by atoms with Gasteiger partial charge in [-0.15, -0.1) is 0 Å². The highest BCUT2D eigenvalue weighted by Gasteiger charge is 2.16. The number of carbonyl (C=O) groups is 2. The minimum atomic E-state index is -1.07. The van der Waals surface area contributed by atoms with Gasteiger partial charge in [0.1, 0.15) is 19.3 Å². The number of rotatable bonds is 31. The Morgan fingerprint density at radius 2 is 1.09 bits per heavy atom. The monoisotopic (exact) mass is 636 g/mol. The van der Waals surface area contributed by atoms with Crippen LogP contribution in [0, 0.1) is 5.92 Å². The molecular formula is C38H68O7. The molecule has 0 bridgehead atoms. The maximum Gasteiger partial charge on any atom is 0.305 e. The third-order valence-corrected chi connectivity index (χ3v) is 7.76. The summed E-state index contributed by atoms with van der Waals surface area (Å²) in [5.74, 6) is -0.0406. The van der Waals surface area contributed by atoms with Gasteiger partial charge in [-0.2, -0.15) is 0 Å². The molecule has 0 aromatic carbocycles. The summed E-state index contributed by atoms with van der Waals surface area (Å²) in [6, 6.07) is 0. The van der Waals surface area contributed by atoms with Crippen LogP contribution in [0.2, 0.25) is 0 Å². The van der Waals surface area contributed by atoms with Crippen LogP contribution in [0.4, 0.5) is 0 Å². The minimum absolute atomic E-state index is 0.0715. The zero-order valence-corrected chi connectivity index (χ0v) is 29.0. The van der Waals surface area contributed by atoms with Crippen molar-refractivity contribution in [2.45, 2.75) is 174 Å². The van der Waals surface area contributed by atoms with Crippen molar-refractivity contribution in [3.63, 3.8) is 0 Å². The van der Waals surface area contributed by atoms with Gasteiger partial charge in [-0.3, -0.25) is 9.59 Å². The molecule has 3 N–H and O–H groups in total. The molecule has 7 nitrogen and oxygen atoms in total. The largest absolute Gasteiger partial charge is 0.463 e. The maximum absolute atomic E-state index is 12.0. The van der Waals surface area contributed by atoms with Crippen LogP contribution in [0.5, 0.6) is 0 Å². The second-order valence-electron chi connectivity index (χ2n) is 12.8. The molecule has 0 aromatic rings. The number of allylic oxidation sites excluding steroid dienone is 5. The molecule has 0 spiro atoms. The van der Waals surface area contributed by atoms with Crippen molar-refractivity contribution in [2.75, 3.05) is 13.2 Å². The molecule has 45 heavy (non-hydrogen) atoms. The van der Waals surface area contributed by atoms with E-state index in [0.717, 1.165) is 44.4 Å². The van der Waals surface area contributed by atoms with Gasteiger partial charge in [-0.1, -0.05) is 128 Å². The Kier molecular flexibility index (Phi) is 30.6. The predicted octanol–water partition coefficient (Wildman–Crippen LogP) is 8.69. The first-order chi connectivity index (χ1) is 21.8. The summed E-state index contributed by atoms with van der Waals surface area (Å²) >= 11 is 0. The topological polar surface area (TPSA) is 113 Å². The van der Waals surface area contributed by atoms with Crippen molar-refractivity contribution in [3.8, 4) is 0 Å². The molecule has 0 heterocycles. The number of aliphatic hydroxyl groups excluding tert-OH is 3. The van der Waals surface area contributed by atoms with Gasteiger partial charge >= 0.3 is 11.9 Å². The van der Waals surface area contributed by atoms with Crippen LogP contribution in [0.1, 0.15) is 156 Å². The predicted molar refractivity (Wildman–Crippen MR) is 185 cm³/mol. The second kappa shape index (κ2) is 32.0. The van der Waals surface area contributed by atoms with E-state index in [-0.39, 0.29) is 32.0 Å². The van der Waals surface area contributed by atoms with E-state index in [4.69, 9.17) is 9.47 Å². The van der Waals surface area contributed by atoms with Gasteiger partial charge in [-0.05, 0) is 57.3 Å². The minimum Gasteiger partial charge on any atom is -0.463 e. The summed E-state index contributed by atoms with van der Waals surface area (Å²) in [5, 5.41) is 30.3. The Morgan fingerprint density at radius 1 is 0.578 bits per heavy atom. The number of ether oxygens (including phenoxy) is 2. The van der Waals surface area contributed by atoms with Gasteiger partial charge in [-0.25, -0.2) is 0 Å². The lowest BCUT2D eigenvalue weighted by Gasteiger charge is -2.16. The number of carbonyl (C=O) groups excluding carboxylic acids is 2. The van der Waals surface area contributed by atoms with Gasteiger partial charge in [0.2, 0.25) is 0 Å². The smallest absolute Gasteiger partial charge is 0.305 e. The van der Waals surface area contributed by atoms with Crippen molar-refractivity contribution in [1.82, 2.24) is 0 Å². The average Bonchev–Trinajstić information content (AvgIpc) is 3.01. The van der Waals surface area contributed by atoms with Crippen molar-refractivity contribution in [2.24, 2.45) is 5.92 Å². The molecule has 3 atom stereocenters. The summed E-state index contributed by atoms with van der Waals surface area (Å²) in [6.45, 7) is 6.31. The van der Waals surface area contributed by atoms with Gasteiger partial charge < -0.3 is 24.8 Å². The van der Waals surface area contributed by atoms with Crippen LogP contribution in [-0.4, -0.2) is 58.8 Å². The third-order valence-electron chi connectivity index (χ3n) is 7.76. The van der Waals surface area contributed by atoms with E-state index in [0.29, 0.717) is 19.3 Å². The Morgan fingerprint density at radius 3 is 1.67 bits per heavy atom. The van der Waals surface area contributed by atoms with Gasteiger partial charge in [0.25, 0.3) is 0 Å². The molecule has 0 saturated carbocycles. The number of hydrogen-bond acceptors (Lipinski definition) is 7. The summed E-state index contributed by atoms with van der Waals surface area (Å²) in [5.41, 5.74) is 0. The summed E-state index contributed by atoms with van der Waals surface area (Å²) in [7, 11) is 0. The van der Waals surface area contributed by atoms with E-state index in [9.17, 15) is 24.9 Å². The lowest BCUT2D eigenvalue weighted by molar-refractivity contribution is -0.152. The molecular weight excluding hydrogens is 568 g/mol. The van der Waals surface area contributed by atoms with E-state index in [1.165, 1.54) is 64.2 Å². The van der Waals surface area contributed by atoms with Crippen molar-refractivity contribution in [1.29, 1.82) is 0 Å². The fourth-order valence-corrected chi connectivity index (χ4v) is 4.84. The fourth-order valence-electron chi connectivity index (χ4n) is 4.84. The first-order valence-corrected chi connectivity index (χ1v) is 18.1. The quantitative estimate of drug-likeness (QED) is 0.0396. The molecule has 0 fully saturated rings. The Labute approximate surface area is 275 Å². The van der Waals surface area contributed by atoms with Crippen molar-refractivity contribution < 1.29 is 34.4 Å².